The second-order valence-electron chi connectivity index (χ2n) is 10.1. The quantitative estimate of drug-likeness (QED) is 0.472. The van der Waals surface area contributed by atoms with Crippen LogP contribution >= 0.6 is 0 Å². The molecule has 0 radical (unpaired) electrons. The van der Waals surface area contributed by atoms with Crippen LogP contribution in [0.1, 0.15) is 40.3 Å². The average molecular weight is 498 g/mol. The molecule has 0 fully saturated rings. The van der Waals surface area contributed by atoms with E-state index >= 15 is 4.39 Å². The number of nitrogens with zero attached hydrogens (tertiary/aromatic N) is 2. The van der Waals surface area contributed by atoms with Crippen molar-refractivity contribution in [2.24, 2.45) is 11.7 Å². The van der Waals surface area contributed by atoms with Crippen molar-refractivity contribution in [3.63, 3.8) is 0 Å². The van der Waals surface area contributed by atoms with Crippen LogP contribution in [0.2, 0.25) is 0 Å². The number of hydrogen-bond donors (Lipinski definition) is 2. The maximum absolute atomic E-state index is 15.3. The first-order valence-corrected chi connectivity index (χ1v) is 11.7. The lowest BCUT2D eigenvalue weighted by molar-refractivity contribution is -0.119. The van der Waals surface area contributed by atoms with Crippen LogP contribution in [0.25, 0.3) is 21.9 Å². The van der Waals surface area contributed by atoms with Crippen LogP contribution in [0.5, 0.6) is 5.75 Å². The van der Waals surface area contributed by atoms with Crippen molar-refractivity contribution in [3.8, 4) is 16.9 Å². The molecule has 2 amide bonds. The summed E-state index contributed by atoms with van der Waals surface area (Å²) < 4.78 is 22.3. The molecule has 0 aliphatic carbocycles. The van der Waals surface area contributed by atoms with Crippen LogP contribution in [0.15, 0.2) is 47.3 Å². The number of carboxylic acid groups (broad SMARTS) is 1. The van der Waals surface area contributed by atoms with E-state index in [9.17, 15) is 19.5 Å². The van der Waals surface area contributed by atoms with Gasteiger partial charge in [-0.1, -0.05) is 32.0 Å². The molecule has 0 aliphatic heterocycles. The molecule has 0 saturated carbocycles. The smallest absolute Gasteiger partial charge is 0.408 e. The van der Waals surface area contributed by atoms with Crippen LogP contribution in [-0.4, -0.2) is 38.7 Å². The van der Waals surface area contributed by atoms with Gasteiger partial charge >= 0.3 is 6.09 Å². The van der Waals surface area contributed by atoms with Crippen LogP contribution in [-0.2, 0) is 17.9 Å². The van der Waals surface area contributed by atoms with E-state index in [0.717, 1.165) is 0 Å². The molecular formula is C27H32FN3O5. The zero-order valence-electron chi connectivity index (χ0n) is 21.2. The Morgan fingerprint density at radius 1 is 1.14 bits per heavy atom. The molecule has 192 valence electrons. The van der Waals surface area contributed by atoms with Crippen molar-refractivity contribution in [2.75, 3.05) is 6.61 Å². The maximum Gasteiger partial charge on any atom is 0.408 e. The fraction of sp³-hybridized carbons (Fsp3) is 0.370. The largest absolute Gasteiger partial charge is 0.484 e. The lowest BCUT2D eigenvalue weighted by Gasteiger charge is -2.35. The Hall–Kier alpha value is -3.88. The Morgan fingerprint density at radius 2 is 1.81 bits per heavy atom. The van der Waals surface area contributed by atoms with Gasteiger partial charge in [0, 0.05) is 39.7 Å². The molecule has 3 aromatic rings. The van der Waals surface area contributed by atoms with Crippen molar-refractivity contribution in [2.45, 2.75) is 53.2 Å². The van der Waals surface area contributed by atoms with E-state index in [1.807, 2.05) is 13.8 Å². The van der Waals surface area contributed by atoms with Crippen molar-refractivity contribution in [3.05, 3.63) is 64.3 Å². The van der Waals surface area contributed by atoms with Gasteiger partial charge < -0.3 is 20.1 Å². The van der Waals surface area contributed by atoms with E-state index in [4.69, 9.17) is 10.5 Å². The van der Waals surface area contributed by atoms with E-state index in [1.54, 1.807) is 61.7 Å². The molecule has 36 heavy (non-hydrogen) atoms. The van der Waals surface area contributed by atoms with Gasteiger partial charge in [0.2, 0.25) is 0 Å². The summed E-state index contributed by atoms with van der Waals surface area (Å²) >= 11 is 0. The molecule has 0 atom stereocenters. The summed E-state index contributed by atoms with van der Waals surface area (Å²) in [5.41, 5.74) is 5.07. The Bertz CT molecular complexity index is 1360. The van der Waals surface area contributed by atoms with Crippen molar-refractivity contribution in [1.29, 1.82) is 0 Å². The van der Waals surface area contributed by atoms with Gasteiger partial charge in [0.15, 0.2) is 6.61 Å². The zero-order chi connectivity index (χ0) is 26.8. The fourth-order valence-electron chi connectivity index (χ4n) is 4.15. The summed E-state index contributed by atoms with van der Waals surface area (Å²) in [4.78, 5) is 38.4. The van der Waals surface area contributed by atoms with Crippen LogP contribution < -0.4 is 16.0 Å². The minimum atomic E-state index is -1.16. The summed E-state index contributed by atoms with van der Waals surface area (Å²) in [5.74, 6) is -0.856. The number of halogens is 1. The van der Waals surface area contributed by atoms with E-state index in [0.29, 0.717) is 28.6 Å². The first-order chi connectivity index (χ1) is 16.8. The van der Waals surface area contributed by atoms with E-state index in [1.165, 1.54) is 11.0 Å². The van der Waals surface area contributed by atoms with Gasteiger partial charge in [0.1, 0.15) is 11.6 Å². The summed E-state index contributed by atoms with van der Waals surface area (Å²) in [5, 5.41) is 10.7. The molecule has 0 unspecified atom stereocenters. The number of benzene rings is 2. The third-order valence-electron chi connectivity index (χ3n) is 5.77. The molecule has 8 nitrogen and oxygen atoms in total. The highest BCUT2D eigenvalue weighted by Gasteiger charge is 2.30. The molecule has 0 bridgehead atoms. The number of aromatic nitrogens is 1. The standard InChI is InChI=1S/C27H32FN3O5/c1-16(2)13-30-22(14-31(26(34)35)27(3,4)5)24(19-8-6-7-9-21(19)28)20-12-17(36-15-23(29)32)10-11-18(20)25(30)33/h6-12,16H,13-15H2,1-5H3,(H2,29,32)(H,34,35). The van der Waals surface area contributed by atoms with Crippen LogP contribution in [0.4, 0.5) is 9.18 Å². The normalized spacial score (nSPS) is 11.6. The molecule has 9 heteroatoms. The number of amides is 2. The summed E-state index contributed by atoms with van der Waals surface area (Å²) in [7, 11) is 0. The minimum absolute atomic E-state index is 0.0541. The topological polar surface area (TPSA) is 115 Å². The molecule has 0 saturated heterocycles. The highest BCUT2D eigenvalue weighted by molar-refractivity contribution is 5.98. The number of primary amides is 1. The van der Waals surface area contributed by atoms with E-state index < -0.39 is 23.4 Å². The monoisotopic (exact) mass is 497 g/mol. The lowest BCUT2D eigenvalue weighted by atomic mass is 9.94. The SMILES string of the molecule is CC(C)Cn1c(CN(C(=O)O)C(C)(C)C)c(-c2ccccc2F)c2cc(OCC(N)=O)ccc2c1=O. The van der Waals surface area contributed by atoms with Crippen LogP contribution in [0, 0.1) is 11.7 Å². The third-order valence-corrected chi connectivity index (χ3v) is 5.77. The first-order valence-electron chi connectivity index (χ1n) is 11.7. The Labute approximate surface area is 209 Å². The summed E-state index contributed by atoms with van der Waals surface area (Å²) in [6.07, 6.45) is -1.16. The Morgan fingerprint density at radius 3 is 2.36 bits per heavy atom. The van der Waals surface area contributed by atoms with Crippen molar-refractivity contribution < 1.29 is 23.8 Å². The lowest BCUT2D eigenvalue weighted by Crippen LogP contribution is -2.45. The summed E-state index contributed by atoms with van der Waals surface area (Å²) in [6.45, 7) is 8.96. The molecule has 1 aromatic heterocycles. The summed E-state index contributed by atoms with van der Waals surface area (Å²) in [6, 6.07) is 10.8. The maximum atomic E-state index is 15.3. The number of nitrogens with two attached hydrogens (primary N) is 1. The molecule has 3 rings (SSSR count). The second-order valence-corrected chi connectivity index (χ2v) is 10.1. The number of rotatable bonds is 8. The van der Waals surface area contributed by atoms with Gasteiger partial charge in [-0.15, -0.1) is 0 Å². The average Bonchev–Trinajstić information content (AvgIpc) is 2.77. The molecular weight excluding hydrogens is 465 g/mol. The molecule has 0 aliphatic rings. The van der Waals surface area contributed by atoms with Gasteiger partial charge in [0.25, 0.3) is 11.5 Å². The van der Waals surface area contributed by atoms with Crippen molar-refractivity contribution in [1.82, 2.24) is 9.47 Å². The molecule has 1 heterocycles. The zero-order valence-corrected chi connectivity index (χ0v) is 21.2. The fourth-order valence-corrected chi connectivity index (χ4v) is 4.15. The van der Waals surface area contributed by atoms with Gasteiger partial charge in [0.05, 0.1) is 6.54 Å². The molecule has 3 N–H and O–H groups in total. The molecule has 0 spiro atoms. The van der Waals surface area contributed by atoms with Crippen LogP contribution in [0.3, 0.4) is 0 Å². The minimum Gasteiger partial charge on any atom is -0.484 e. The first kappa shape index (κ1) is 26.7. The van der Waals surface area contributed by atoms with Gasteiger partial charge in [-0.05, 0) is 51.0 Å². The van der Waals surface area contributed by atoms with E-state index in [2.05, 4.69) is 0 Å². The van der Waals surface area contributed by atoms with Gasteiger partial charge in [-0.25, -0.2) is 9.18 Å². The highest BCUT2D eigenvalue weighted by atomic mass is 19.1. The Kier molecular flexibility index (Phi) is 7.71. The third kappa shape index (κ3) is 5.67. The number of carbonyl (C=O) groups is 2. The van der Waals surface area contributed by atoms with Gasteiger partial charge in [-0.3, -0.25) is 14.5 Å². The predicted molar refractivity (Wildman–Crippen MR) is 136 cm³/mol. The Balaban J connectivity index is 2.47. The number of ether oxygens (including phenoxy) is 1. The highest BCUT2D eigenvalue weighted by Crippen LogP contribution is 2.36. The number of pyridine rings is 1. The number of carbonyl (C=O) groups excluding carboxylic acids is 1. The number of fused-ring (bicyclic) bond motifs is 1. The van der Waals surface area contributed by atoms with E-state index in [-0.39, 0.29) is 35.9 Å². The second kappa shape index (κ2) is 10.4. The molecule has 2 aromatic carbocycles. The predicted octanol–water partition coefficient (Wildman–Crippen LogP) is 4.61. The van der Waals surface area contributed by atoms with Gasteiger partial charge in [-0.2, -0.15) is 0 Å². The van der Waals surface area contributed by atoms with Crippen molar-refractivity contribution >= 4 is 22.8 Å². The number of hydrogen-bond acceptors (Lipinski definition) is 4.